The van der Waals surface area contributed by atoms with Gasteiger partial charge in [0.2, 0.25) is 0 Å². The summed E-state index contributed by atoms with van der Waals surface area (Å²) in [5, 5.41) is 15.2. The molecule has 0 aliphatic rings. The molecule has 0 spiro atoms. The van der Waals surface area contributed by atoms with Crippen molar-refractivity contribution < 1.29 is 0 Å². The number of nitrogens with zero attached hydrogens (tertiary/aromatic N) is 3. The van der Waals surface area contributed by atoms with Gasteiger partial charge in [0.05, 0.1) is 6.54 Å². The standard InChI is InChI=1S/C16H17N5S/c1-11-6-7-12(2)13(9-11)18-16(22)17-10-15-20-19-14-5-3-4-8-21(14)15/h3-9H,10H2,1-2H3,(H2,17,18,22). The Morgan fingerprint density at radius 3 is 2.91 bits per heavy atom. The molecule has 112 valence electrons. The van der Waals surface area contributed by atoms with E-state index in [4.69, 9.17) is 12.2 Å². The van der Waals surface area contributed by atoms with E-state index in [0.717, 1.165) is 22.7 Å². The molecule has 0 saturated heterocycles. The first-order chi connectivity index (χ1) is 10.6. The van der Waals surface area contributed by atoms with Crippen LogP contribution in [0.4, 0.5) is 5.69 Å². The third kappa shape index (κ3) is 3.07. The normalized spacial score (nSPS) is 10.6. The van der Waals surface area contributed by atoms with Crippen molar-refractivity contribution in [1.82, 2.24) is 19.9 Å². The van der Waals surface area contributed by atoms with Gasteiger partial charge in [0.15, 0.2) is 16.6 Å². The summed E-state index contributed by atoms with van der Waals surface area (Å²) in [4.78, 5) is 0. The smallest absolute Gasteiger partial charge is 0.171 e. The molecule has 5 nitrogen and oxygen atoms in total. The summed E-state index contributed by atoms with van der Waals surface area (Å²) in [7, 11) is 0. The van der Waals surface area contributed by atoms with Gasteiger partial charge in [0.1, 0.15) is 0 Å². The highest BCUT2D eigenvalue weighted by Gasteiger charge is 2.06. The van der Waals surface area contributed by atoms with Crippen molar-refractivity contribution in [2.24, 2.45) is 0 Å². The van der Waals surface area contributed by atoms with Gasteiger partial charge in [0.25, 0.3) is 0 Å². The molecule has 0 fully saturated rings. The number of nitrogens with one attached hydrogen (secondary N) is 2. The van der Waals surface area contributed by atoms with E-state index in [0.29, 0.717) is 11.7 Å². The van der Waals surface area contributed by atoms with Crippen LogP contribution >= 0.6 is 12.2 Å². The van der Waals surface area contributed by atoms with Gasteiger partial charge < -0.3 is 10.6 Å². The minimum Gasteiger partial charge on any atom is -0.355 e. The first-order valence-electron chi connectivity index (χ1n) is 7.04. The van der Waals surface area contributed by atoms with Crippen LogP contribution in [0.5, 0.6) is 0 Å². The Bertz CT molecular complexity index is 824. The Morgan fingerprint density at radius 1 is 1.18 bits per heavy atom. The van der Waals surface area contributed by atoms with Crippen LogP contribution in [0.15, 0.2) is 42.6 Å². The van der Waals surface area contributed by atoms with E-state index in [2.05, 4.69) is 52.9 Å². The number of benzene rings is 1. The number of pyridine rings is 1. The molecule has 22 heavy (non-hydrogen) atoms. The number of fused-ring (bicyclic) bond motifs is 1. The van der Waals surface area contributed by atoms with E-state index in [-0.39, 0.29) is 0 Å². The first kappa shape index (κ1) is 14.5. The monoisotopic (exact) mass is 311 g/mol. The highest BCUT2D eigenvalue weighted by molar-refractivity contribution is 7.80. The van der Waals surface area contributed by atoms with Crippen LogP contribution in [0.2, 0.25) is 0 Å². The SMILES string of the molecule is Cc1ccc(C)c(NC(=S)NCc2nnc3ccccn23)c1. The Hall–Kier alpha value is -2.47. The Kier molecular flexibility index (Phi) is 4.02. The van der Waals surface area contributed by atoms with Crippen molar-refractivity contribution in [2.45, 2.75) is 20.4 Å². The lowest BCUT2D eigenvalue weighted by Gasteiger charge is -2.12. The van der Waals surface area contributed by atoms with Gasteiger partial charge in [-0.25, -0.2) is 0 Å². The largest absolute Gasteiger partial charge is 0.355 e. The molecule has 0 radical (unpaired) electrons. The molecule has 0 saturated carbocycles. The Labute approximate surface area is 134 Å². The number of hydrogen-bond acceptors (Lipinski definition) is 3. The number of aromatic nitrogens is 3. The summed E-state index contributed by atoms with van der Waals surface area (Å²) in [6, 6.07) is 12.0. The first-order valence-corrected chi connectivity index (χ1v) is 7.45. The maximum Gasteiger partial charge on any atom is 0.171 e. The predicted octanol–water partition coefficient (Wildman–Crippen LogP) is 2.83. The van der Waals surface area contributed by atoms with Crippen LogP contribution < -0.4 is 10.6 Å². The van der Waals surface area contributed by atoms with Crippen molar-refractivity contribution in [3.05, 3.63) is 59.5 Å². The summed E-state index contributed by atoms with van der Waals surface area (Å²) in [6.45, 7) is 4.63. The van der Waals surface area contributed by atoms with Crippen LogP contribution in [-0.2, 0) is 6.54 Å². The fraction of sp³-hybridized carbons (Fsp3) is 0.188. The van der Waals surface area contributed by atoms with Gasteiger partial charge in [-0.2, -0.15) is 0 Å². The number of hydrogen-bond donors (Lipinski definition) is 2. The van der Waals surface area contributed by atoms with Gasteiger partial charge in [-0.3, -0.25) is 4.40 Å². The fourth-order valence-electron chi connectivity index (χ4n) is 2.21. The highest BCUT2D eigenvalue weighted by Crippen LogP contribution is 2.16. The molecular weight excluding hydrogens is 294 g/mol. The van der Waals surface area contributed by atoms with Gasteiger partial charge in [-0.1, -0.05) is 18.2 Å². The van der Waals surface area contributed by atoms with E-state index >= 15 is 0 Å². The van der Waals surface area contributed by atoms with E-state index in [9.17, 15) is 0 Å². The molecule has 0 unspecified atom stereocenters. The molecule has 1 aromatic carbocycles. The lowest BCUT2D eigenvalue weighted by atomic mass is 10.1. The Morgan fingerprint density at radius 2 is 2.05 bits per heavy atom. The predicted molar refractivity (Wildman–Crippen MR) is 92.0 cm³/mol. The second kappa shape index (κ2) is 6.11. The summed E-state index contributed by atoms with van der Waals surface area (Å²) >= 11 is 5.36. The van der Waals surface area contributed by atoms with Crippen molar-refractivity contribution in [1.29, 1.82) is 0 Å². The van der Waals surface area contributed by atoms with Crippen LogP contribution in [0.1, 0.15) is 17.0 Å². The topological polar surface area (TPSA) is 54.2 Å². The number of aryl methyl sites for hydroxylation is 2. The number of rotatable bonds is 3. The minimum absolute atomic E-state index is 0.516. The average Bonchev–Trinajstić information content (AvgIpc) is 2.92. The number of anilines is 1. The highest BCUT2D eigenvalue weighted by atomic mass is 32.1. The molecule has 0 aliphatic heterocycles. The zero-order valence-corrected chi connectivity index (χ0v) is 13.3. The molecular formula is C16H17N5S. The maximum absolute atomic E-state index is 5.36. The van der Waals surface area contributed by atoms with Crippen molar-refractivity contribution >= 4 is 28.7 Å². The summed E-state index contributed by atoms with van der Waals surface area (Å²) in [6.07, 6.45) is 1.94. The minimum atomic E-state index is 0.516. The van der Waals surface area contributed by atoms with Gasteiger partial charge in [-0.15, -0.1) is 10.2 Å². The molecule has 6 heteroatoms. The fourth-order valence-corrected chi connectivity index (χ4v) is 2.39. The second-order valence-electron chi connectivity index (χ2n) is 5.17. The quantitative estimate of drug-likeness (QED) is 0.729. The number of thiocarbonyl (C=S) groups is 1. The van der Waals surface area contributed by atoms with Crippen LogP contribution in [0.25, 0.3) is 5.65 Å². The molecule has 0 atom stereocenters. The summed E-state index contributed by atoms with van der Waals surface area (Å²) < 4.78 is 1.94. The van der Waals surface area contributed by atoms with Gasteiger partial charge >= 0.3 is 0 Å². The van der Waals surface area contributed by atoms with Gasteiger partial charge in [-0.05, 0) is 55.4 Å². The van der Waals surface area contributed by atoms with E-state index in [1.807, 2.05) is 28.8 Å². The van der Waals surface area contributed by atoms with Crippen molar-refractivity contribution in [3.8, 4) is 0 Å². The zero-order valence-electron chi connectivity index (χ0n) is 12.5. The molecule has 0 bridgehead atoms. The third-order valence-electron chi connectivity index (χ3n) is 3.43. The van der Waals surface area contributed by atoms with E-state index in [1.54, 1.807) is 0 Å². The molecule has 0 aliphatic carbocycles. The van der Waals surface area contributed by atoms with Crippen molar-refractivity contribution in [3.63, 3.8) is 0 Å². The summed E-state index contributed by atoms with van der Waals surface area (Å²) in [5.74, 6) is 0.820. The second-order valence-corrected chi connectivity index (χ2v) is 5.58. The molecule has 2 N–H and O–H groups in total. The zero-order chi connectivity index (χ0) is 15.5. The van der Waals surface area contributed by atoms with E-state index in [1.165, 1.54) is 5.56 Å². The molecule has 0 amide bonds. The average molecular weight is 311 g/mol. The van der Waals surface area contributed by atoms with Crippen LogP contribution in [0.3, 0.4) is 0 Å². The third-order valence-corrected chi connectivity index (χ3v) is 3.68. The lowest BCUT2D eigenvalue weighted by Crippen LogP contribution is -2.29. The Balaban J connectivity index is 1.66. The van der Waals surface area contributed by atoms with Crippen molar-refractivity contribution in [2.75, 3.05) is 5.32 Å². The van der Waals surface area contributed by atoms with Crippen LogP contribution in [0, 0.1) is 13.8 Å². The lowest BCUT2D eigenvalue weighted by molar-refractivity contribution is 0.813. The van der Waals surface area contributed by atoms with Gasteiger partial charge in [0, 0.05) is 11.9 Å². The molecule has 3 rings (SSSR count). The molecule has 2 heterocycles. The van der Waals surface area contributed by atoms with E-state index < -0.39 is 0 Å². The summed E-state index contributed by atoms with van der Waals surface area (Å²) in [5.41, 5.74) is 4.19. The van der Waals surface area contributed by atoms with Crippen LogP contribution in [-0.4, -0.2) is 19.7 Å². The molecule has 3 aromatic rings. The maximum atomic E-state index is 5.36. The molecule has 2 aromatic heterocycles.